The lowest BCUT2D eigenvalue weighted by Crippen LogP contribution is -2.32. The van der Waals surface area contributed by atoms with E-state index in [2.05, 4.69) is 0 Å². The van der Waals surface area contributed by atoms with Gasteiger partial charge in [0.2, 0.25) is 0 Å². The molecule has 2 aliphatic rings. The molecule has 0 saturated heterocycles. The second-order valence-electron chi connectivity index (χ2n) is 6.18. The van der Waals surface area contributed by atoms with Gasteiger partial charge in [-0.2, -0.15) is 0 Å². The SMILES string of the molecule is COc1ccc(CN2C(=O)c3cc(OC)ccc3C23CC3)cc1. The third-order valence-corrected chi connectivity index (χ3v) is 4.94. The number of nitrogens with zero attached hydrogens (tertiary/aromatic N) is 1. The highest BCUT2D eigenvalue weighted by atomic mass is 16.5. The molecule has 4 rings (SSSR count). The quantitative estimate of drug-likeness (QED) is 0.869. The van der Waals surface area contributed by atoms with Crippen molar-refractivity contribution >= 4 is 5.91 Å². The summed E-state index contributed by atoms with van der Waals surface area (Å²) in [6, 6.07) is 13.8. The lowest BCUT2D eigenvalue weighted by atomic mass is 10.0. The van der Waals surface area contributed by atoms with Gasteiger partial charge in [-0.1, -0.05) is 18.2 Å². The van der Waals surface area contributed by atoms with Gasteiger partial charge in [0.25, 0.3) is 5.91 Å². The van der Waals surface area contributed by atoms with Gasteiger partial charge in [0, 0.05) is 12.1 Å². The number of hydrogen-bond donors (Lipinski definition) is 0. The molecule has 0 bridgehead atoms. The van der Waals surface area contributed by atoms with Crippen molar-refractivity contribution in [2.75, 3.05) is 14.2 Å². The van der Waals surface area contributed by atoms with E-state index in [1.807, 2.05) is 47.4 Å². The van der Waals surface area contributed by atoms with Crippen molar-refractivity contribution in [2.24, 2.45) is 0 Å². The van der Waals surface area contributed by atoms with E-state index < -0.39 is 0 Å². The highest BCUT2D eigenvalue weighted by Gasteiger charge is 2.57. The maximum atomic E-state index is 12.9. The maximum Gasteiger partial charge on any atom is 0.255 e. The maximum absolute atomic E-state index is 12.9. The van der Waals surface area contributed by atoms with Crippen LogP contribution in [-0.4, -0.2) is 25.0 Å². The third kappa shape index (κ3) is 2.09. The summed E-state index contributed by atoms with van der Waals surface area (Å²) in [5.74, 6) is 1.67. The molecule has 1 spiro atoms. The van der Waals surface area contributed by atoms with Gasteiger partial charge in [0.05, 0.1) is 19.8 Å². The number of hydrogen-bond acceptors (Lipinski definition) is 3. The van der Waals surface area contributed by atoms with E-state index in [0.29, 0.717) is 6.54 Å². The number of benzene rings is 2. The van der Waals surface area contributed by atoms with E-state index >= 15 is 0 Å². The Labute approximate surface area is 135 Å². The smallest absolute Gasteiger partial charge is 0.255 e. The predicted octanol–water partition coefficient (Wildman–Crippen LogP) is 3.35. The molecule has 0 atom stereocenters. The summed E-state index contributed by atoms with van der Waals surface area (Å²) < 4.78 is 10.5. The van der Waals surface area contributed by atoms with Crippen LogP contribution in [0.3, 0.4) is 0 Å². The van der Waals surface area contributed by atoms with Gasteiger partial charge in [-0.25, -0.2) is 0 Å². The molecular formula is C19H19NO3. The molecule has 0 unspecified atom stereocenters. The molecular weight excluding hydrogens is 290 g/mol. The van der Waals surface area contributed by atoms with E-state index in [4.69, 9.17) is 9.47 Å². The van der Waals surface area contributed by atoms with Crippen LogP contribution in [0.25, 0.3) is 0 Å². The Morgan fingerprint density at radius 1 is 1.00 bits per heavy atom. The lowest BCUT2D eigenvalue weighted by Gasteiger charge is -2.25. The van der Waals surface area contributed by atoms with Crippen LogP contribution < -0.4 is 9.47 Å². The van der Waals surface area contributed by atoms with Gasteiger partial charge in [-0.05, 0) is 48.2 Å². The minimum atomic E-state index is -0.0986. The van der Waals surface area contributed by atoms with E-state index in [1.54, 1.807) is 14.2 Å². The molecule has 4 nitrogen and oxygen atoms in total. The summed E-state index contributed by atoms with van der Waals surface area (Å²) in [4.78, 5) is 14.9. The van der Waals surface area contributed by atoms with Crippen LogP contribution in [0.1, 0.15) is 34.3 Å². The summed E-state index contributed by atoms with van der Waals surface area (Å²) in [6.45, 7) is 0.625. The Bertz CT molecular complexity index is 763. The van der Waals surface area contributed by atoms with Gasteiger partial charge in [0.1, 0.15) is 11.5 Å². The molecule has 1 fully saturated rings. The monoisotopic (exact) mass is 309 g/mol. The van der Waals surface area contributed by atoms with Crippen molar-refractivity contribution in [2.45, 2.75) is 24.9 Å². The second-order valence-corrected chi connectivity index (χ2v) is 6.18. The largest absolute Gasteiger partial charge is 0.497 e. The number of rotatable bonds is 4. The van der Waals surface area contributed by atoms with Crippen LogP contribution in [0.5, 0.6) is 11.5 Å². The second kappa shape index (κ2) is 5.01. The number of methoxy groups -OCH3 is 2. The van der Waals surface area contributed by atoms with Crippen molar-refractivity contribution in [3.63, 3.8) is 0 Å². The van der Waals surface area contributed by atoms with Crippen LogP contribution in [0.15, 0.2) is 42.5 Å². The third-order valence-electron chi connectivity index (χ3n) is 4.94. The zero-order valence-corrected chi connectivity index (χ0v) is 13.3. The molecule has 0 N–H and O–H groups in total. The van der Waals surface area contributed by atoms with E-state index in [0.717, 1.165) is 41.0 Å². The Hall–Kier alpha value is -2.49. The first-order valence-corrected chi connectivity index (χ1v) is 7.81. The van der Waals surface area contributed by atoms with Crippen molar-refractivity contribution in [1.82, 2.24) is 4.90 Å². The normalized spacial score (nSPS) is 17.3. The van der Waals surface area contributed by atoms with Gasteiger partial charge in [-0.3, -0.25) is 4.79 Å². The van der Waals surface area contributed by atoms with Crippen LogP contribution in [0.4, 0.5) is 0 Å². The minimum absolute atomic E-state index is 0.0986. The minimum Gasteiger partial charge on any atom is -0.497 e. The zero-order chi connectivity index (χ0) is 16.0. The number of amides is 1. The molecule has 1 aliphatic carbocycles. The van der Waals surface area contributed by atoms with Gasteiger partial charge < -0.3 is 14.4 Å². The zero-order valence-electron chi connectivity index (χ0n) is 13.3. The molecule has 0 aromatic heterocycles. The van der Waals surface area contributed by atoms with Gasteiger partial charge in [-0.15, -0.1) is 0 Å². The van der Waals surface area contributed by atoms with Gasteiger partial charge >= 0.3 is 0 Å². The molecule has 2 aromatic carbocycles. The number of carbonyl (C=O) groups is 1. The first kappa shape index (κ1) is 14.1. The Balaban J connectivity index is 1.66. The Morgan fingerprint density at radius 2 is 1.65 bits per heavy atom. The molecule has 23 heavy (non-hydrogen) atoms. The topological polar surface area (TPSA) is 38.8 Å². The lowest BCUT2D eigenvalue weighted by molar-refractivity contribution is 0.0683. The number of ether oxygens (including phenoxy) is 2. The number of fused-ring (bicyclic) bond motifs is 2. The van der Waals surface area contributed by atoms with E-state index in [1.165, 1.54) is 0 Å². The molecule has 1 saturated carbocycles. The fraction of sp³-hybridized carbons (Fsp3) is 0.316. The fourth-order valence-electron chi connectivity index (χ4n) is 3.51. The molecule has 4 heteroatoms. The number of carbonyl (C=O) groups excluding carboxylic acids is 1. The van der Waals surface area contributed by atoms with Crippen molar-refractivity contribution in [3.05, 3.63) is 59.2 Å². The van der Waals surface area contributed by atoms with Crippen molar-refractivity contribution in [3.8, 4) is 11.5 Å². The van der Waals surface area contributed by atoms with Crippen LogP contribution >= 0.6 is 0 Å². The first-order valence-electron chi connectivity index (χ1n) is 7.81. The molecule has 118 valence electrons. The summed E-state index contributed by atoms with van der Waals surface area (Å²) in [7, 11) is 3.28. The molecule has 1 heterocycles. The van der Waals surface area contributed by atoms with Crippen LogP contribution in [0, 0.1) is 0 Å². The fourth-order valence-corrected chi connectivity index (χ4v) is 3.51. The van der Waals surface area contributed by atoms with Gasteiger partial charge in [0.15, 0.2) is 0 Å². The van der Waals surface area contributed by atoms with E-state index in [9.17, 15) is 4.79 Å². The predicted molar refractivity (Wildman–Crippen MR) is 86.8 cm³/mol. The summed E-state index contributed by atoms with van der Waals surface area (Å²) in [5.41, 5.74) is 2.95. The highest BCUT2D eigenvalue weighted by Crippen LogP contribution is 2.57. The summed E-state index contributed by atoms with van der Waals surface area (Å²) >= 11 is 0. The van der Waals surface area contributed by atoms with Crippen LogP contribution in [-0.2, 0) is 12.1 Å². The standard InChI is InChI=1S/C19H19NO3/c1-22-14-5-3-13(4-6-14)12-20-18(21)16-11-15(23-2)7-8-17(16)19(20)9-10-19/h3-8,11H,9-10,12H2,1-2H3. The van der Waals surface area contributed by atoms with Crippen molar-refractivity contribution < 1.29 is 14.3 Å². The first-order chi connectivity index (χ1) is 11.2. The molecule has 2 aromatic rings. The average molecular weight is 309 g/mol. The average Bonchev–Trinajstić information content (AvgIpc) is 3.36. The van der Waals surface area contributed by atoms with E-state index in [-0.39, 0.29) is 11.4 Å². The highest BCUT2D eigenvalue weighted by molar-refractivity contribution is 6.01. The Morgan fingerprint density at radius 3 is 2.26 bits per heavy atom. The molecule has 0 radical (unpaired) electrons. The summed E-state index contributed by atoms with van der Waals surface area (Å²) in [5, 5.41) is 0. The molecule has 1 amide bonds. The Kier molecular flexibility index (Phi) is 3.08. The summed E-state index contributed by atoms with van der Waals surface area (Å²) in [6.07, 6.45) is 2.07. The van der Waals surface area contributed by atoms with Crippen LogP contribution in [0.2, 0.25) is 0 Å². The molecule has 1 aliphatic heterocycles. The van der Waals surface area contributed by atoms with Crippen molar-refractivity contribution in [1.29, 1.82) is 0 Å².